The van der Waals surface area contributed by atoms with Crippen molar-refractivity contribution >= 4 is 5.97 Å². The Balaban J connectivity index is 1.48. The van der Waals surface area contributed by atoms with Crippen LogP contribution in [0.3, 0.4) is 0 Å². The van der Waals surface area contributed by atoms with E-state index in [0.717, 1.165) is 16.7 Å². The first kappa shape index (κ1) is 27.7. The molecule has 0 aromatic heterocycles. The maximum absolute atomic E-state index is 12.8. The molecule has 0 radical (unpaired) electrons. The Labute approximate surface area is 233 Å². The summed E-state index contributed by atoms with van der Waals surface area (Å²) in [5.41, 5.74) is 1.89. The summed E-state index contributed by atoms with van der Waals surface area (Å²) in [6.45, 7) is -0.105. The Morgan fingerprint density at radius 3 is 1.62 bits per heavy atom. The van der Waals surface area contributed by atoms with E-state index < -0.39 is 42.3 Å². The Kier molecular flexibility index (Phi) is 8.69. The highest BCUT2D eigenvalue weighted by Gasteiger charge is 2.48. The molecular weight excluding hydrogens is 508 g/mol. The standard InChI is InChI=1S/C33H32O7/c1-37-32-29(35)30(40-31(36)23-14-6-2-7-15-23)28(34)27(39-32)22-38-33(24-16-8-3-9-17-24,25-18-10-4-11-19-25)26-20-12-5-13-21-26/h2-21,27-30,32,34-35H,22H2,1H3/t27-,28-,29+,30+,32+/m1/s1. The molecule has 0 unspecified atom stereocenters. The second kappa shape index (κ2) is 12.6. The van der Waals surface area contributed by atoms with Gasteiger partial charge in [0.05, 0.1) is 12.2 Å². The van der Waals surface area contributed by atoms with Gasteiger partial charge in [-0.05, 0) is 28.8 Å². The molecule has 0 amide bonds. The third-order valence-corrected chi connectivity index (χ3v) is 7.13. The van der Waals surface area contributed by atoms with Gasteiger partial charge in [-0.3, -0.25) is 0 Å². The van der Waals surface area contributed by atoms with Crippen LogP contribution in [-0.2, 0) is 24.5 Å². The number of methoxy groups -OCH3 is 1. The molecule has 0 bridgehead atoms. The minimum Gasteiger partial charge on any atom is -0.453 e. The van der Waals surface area contributed by atoms with E-state index in [-0.39, 0.29) is 6.61 Å². The normalized spacial score (nSPS) is 22.9. The molecule has 1 aliphatic rings. The van der Waals surface area contributed by atoms with E-state index in [2.05, 4.69) is 0 Å². The first-order chi connectivity index (χ1) is 19.5. The molecule has 1 heterocycles. The number of ether oxygens (including phenoxy) is 4. The lowest BCUT2D eigenvalue weighted by molar-refractivity contribution is -0.298. The zero-order chi connectivity index (χ0) is 28.0. The van der Waals surface area contributed by atoms with Gasteiger partial charge in [0, 0.05) is 7.11 Å². The van der Waals surface area contributed by atoms with Crippen LogP contribution in [0.25, 0.3) is 0 Å². The second-order valence-electron chi connectivity index (χ2n) is 9.59. The summed E-state index contributed by atoms with van der Waals surface area (Å²) in [5.74, 6) is -0.674. The van der Waals surface area contributed by atoms with Crippen LogP contribution in [0.5, 0.6) is 0 Å². The Hall–Kier alpha value is -3.85. The number of carbonyl (C=O) groups is 1. The quantitative estimate of drug-likeness (QED) is 0.241. The fraction of sp³-hybridized carbons (Fsp3) is 0.242. The van der Waals surface area contributed by atoms with Crippen LogP contribution in [0.1, 0.15) is 27.0 Å². The molecule has 206 valence electrons. The van der Waals surface area contributed by atoms with Crippen molar-refractivity contribution in [2.75, 3.05) is 13.7 Å². The summed E-state index contributed by atoms with van der Waals surface area (Å²) in [7, 11) is 1.38. The van der Waals surface area contributed by atoms with Crippen LogP contribution < -0.4 is 0 Å². The fourth-order valence-electron chi connectivity index (χ4n) is 5.12. The number of hydrogen-bond acceptors (Lipinski definition) is 7. The summed E-state index contributed by atoms with van der Waals surface area (Å²) in [6, 6.07) is 37.8. The molecule has 7 nitrogen and oxygen atoms in total. The van der Waals surface area contributed by atoms with E-state index in [1.54, 1.807) is 30.3 Å². The molecule has 5 rings (SSSR count). The lowest BCUT2D eigenvalue weighted by atomic mass is 9.80. The van der Waals surface area contributed by atoms with Crippen LogP contribution in [0.15, 0.2) is 121 Å². The van der Waals surface area contributed by atoms with Crippen LogP contribution in [0.2, 0.25) is 0 Å². The lowest BCUT2D eigenvalue weighted by Crippen LogP contribution is -2.60. The zero-order valence-corrected chi connectivity index (χ0v) is 22.1. The van der Waals surface area contributed by atoms with Gasteiger partial charge in [0.25, 0.3) is 0 Å². The number of carbonyl (C=O) groups excluding carboxylic acids is 1. The van der Waals surface area contributed by atoms with Gasteiger partial charge in [0.2, 0.25) is 0 Å². The van der Waals surface area contributed by atoms with Crippen molar-refractivity contribution in [3.8, 4) is 0 Å². The van der Waals surface area contributed by atoms with E-state index in [9.17, 15) is 15.0 Å². The molecule has 4 aromatic carbocycles. The SMILES string of the molecule is CO[C@H]1O[C@H](COC(c2ccccc2)(c2ccccc2)c2ccccc2)[C@@H](O)[C@H](OC(=O)c2ccccc2)[C@@H]1O. The topological polar surface area (TPSA) is 94.5 Å². The minimum atomic E-state index is -1.41. The van der Waals surface area contributed by atoms with Crippen molar-refractivity contribution in [2.45, 2.75) is 36.3 Å². The van der Waals surface area contributed by atoms with Crippen molar-refractivity contribution in [2.24, 2.45) is 0 Å². The van der Waals surface area contributed by atoms with Gasteiger partial charge < -0.3 is 29.2 Å². The Bertz CT molecular complexity index is 1250. The molecule has 0 aliphatic carbocycles. The molecule has 40 heavy (non-hydrogen) atoms. The van der Waals surface area contributed by atoms with Crippen molar-refractivity contribution in [1.29, 1.82) is 0 Å². The minimum absolute atomic E-state index is 0.105. The molecule has 1 aliphatic heterocycles. The first-order valence-electron chi connectivity index (χ1n) is 13.2. The van der Waals surface area contributed by atoms with Gasteiger partial charge in [-0.1, -0.05) is 109 Å². The van der Waals surface area contributed by atoms with E-state index in [4.69, 9.17) is 18.9 Å². The van der Waals surface area contributed by atoms with Gasteiger partial charge >= 0.3 is 5.97 Å². The molecule has 5 atom stereocenters. The number of aliphatic hydroxyl groups is 2. The van der Waals surface area contributed by atoms with E-state index in [1.165, 1.54) is 7.11 Å². The Morgan fingerprint density at radius 1 is 0.725 bits per heavy atom. The predicted octanol–water partition coefficient (Wildman–Crippen LogP) is 4.31. The summed E-state index contributed by atoms with van der Waals surface area (Å²) < 4.78 is 23.7. The highest BCUT2D eigenvalue weighted by molar-refractivity contribution is 5.89. The zero-order valence-electron chi connectivity index (χ0n) is 22.1. The summed E-state index contributed by atoms with van der Waals surface area (Å²) in [6.07, 6.45) is -6.25. The maximum Gasteiger partial charge on any atom is 0.338 e. The summed E-state index contributed by atoms with van der Waals surface area (Å²) in [4.78, 5) is 12.8. The van der Waals surface area contributed by atoms with Gasteiger partial charge in [0.15, 0.2) is 12.4 Å². The summed E-state index contributed by atoms with van der Waals surface area (Å²) >= 11 is 0. The van der Waals surface area contributed by atoms with Crippen LogP contribution in [0.4, 0.5) is 0 Å². The average molecular weight is 541 g/mol. The molecule has 1 fully saturated rings. The number of rotatable bonds is 9. The van der Waals surface area contributed by atoms with Crippen LogP contribution in [0, 0.1) is 0 Å². The van der Waals surface area contributed by atoms with Crippen LogP contribution >= 0.6 is 0 Å². The van der Waals surface area contributed by atoms with Gasteiger partial charge in [-0.2, -0.15) is 0 Å². The molecule has 1 saturated heterocycles. The third-order valence-electron chi connectivity index (χ3n) is 7.13. The van der Waals surface area contributed by atoms with Gasteiger partial charge in [-0.15, -0.1) is 0 Å². The third kappa shape index (κ3) is 5.56. The first-order valence-corrected chi connectivity index (χ1v) is 13.2. The molecule has 0 saturated carbocycles. The largest absolute Gasteiger partial charge is 0.453 e. The van der Waals surface area contributed by atoms with Crippen molar-refractivity contribution in [3.63, 3.8) is 0 Å². The number of hydrogen-bond donors (Lipinski definition) is 2. The van der Waals surface area contributed by atoms with Crippen molar-refractivity contribution in [3.05, 3.63) is 144 Å². The Morgan fingerprint density at radius 2 is 1.18 bits per heavy atom. The maximum atomic E-state index is 12.8. The van der Waals surface area contributed by atoms with Crippen molar-refractivity contribution < 1.29 is 34.0 Å². The number of aliphatic hydroxyl groups excluding tert-OH is 2. The van der Waals surface area contributed by atoms with Gasteiger partial charge in [-0.25, -0.2) is 4.79 Å². The lowest BCUT2D eigenvalue weighted by Gasteiger charge is -2.43. The predicted molar refractivity (Wildman–Crippen MR) is 148 cm³/mol. The van der Waals surface area contributed by atoms with Crippen LogP contribution in [-0.4, -0.2) is 60.6 Å². The molecule has 2 N–H and O–H groups in total. The number of esters is 1. The van der Waals surface area contributed by atoms with Gasteiger partial charge in [0.1, 0.15) is 23.9 Å². The van der Waals surface area contributed by atoms with E-state index in [0.29, 0.717) is 5.56 Å². The molecular formula is C33H32O7. The van der Waals surface area contributed by atoms with Crippen molar-refractivity contribution in [1.82, 2.24) is 0 Å². The molecule has 0 spiro atoms. The van der Waals surface area contributed by atoms with E-state index >= 15 is 0 Å². The highest BCUT2D eigenvalue weighted by Crippen LogP contribution is 2.41. The number of benzene rings is 4. The fourth-order valence-corrected chi connectivity index (χ4v) is 5.12. The highest BCUT2D eigenvalue weighted by atomic mass is 16.7. The smallest absolute Gasteiger partial charge is 0.338 e. The monoisotopic (exact) mass is 540 g/mol. The molecule has 4 aromatic rings. The molecule has 7 heteroatoms. The average Bonchev–Trinajstić information content (AvgIpc) is 3.02. The van der Waals surface area contributed by atoms with E-state index in [1.807, 2.05) is 91.0 Å². The second-order valence-corrected chi connectivity index (χ2v) is 9.59. The summed E-state index contributed by atoms with van der Waals surface area (Å²) in [5, 5.41) is 22.2.